The smallest absolute Gasteiger partial charge is 0.253 e. The molecular formula is C19H30ClN3O3S. The van der Waals surface area contributed by atoms with Crippen LogP contribution in [0.25, 0.3) is 0 Å². The summed E-state index contributed by atoms with van der Waals surface area (Å²) in [6.07, 6.45) is 4.94. The fourth-order valence-corrected chi connectivity index (χ4v) is 5.61. The van der Waals surface area contributed by atoms with Gasteiger partial charge in [-0.2, -0.15) is 4.31 Å². The normalized spacial score (nSPS) is 24.3. The predicted molar refractivity (Wildman–Crippen MR) is 109 cm³/mol. The largest absolute Gasteiger partial charge is 0.337 e. The molecule has 2 atom stereocenters. The van der Waals surface area contributed by atoms with E-state index in [-0.39, 0.29) is 29.3 Å². The Morgan fingerprint density at radius 1 is 1.07 bits per heavy atom. The fraction of sp³-hybridized carbons (Fsp3) is 0.632. The van der Waals surface area contributed by atoms with E-state index in [1.165, 1.54) is 0 Å². The van der Waals surface area contributed by atoms with Crippen LogP contribution >= 0.6 is 12.4 Å². The zero-order valence-corrected chi connectivity index (χ0v) is 17.7. The van der Waals surface area contributed by atoms with Crippen LogP contribution in [0.1, 0.15) is 49.4 Å². The lowest BCUT2D eigenvalue weighted by atomic mass is 10.0. The summed E-state index contributed by atoms with van der Waals surface area (Å²) in [4.78, 5) is 14.8. The molecule has 3 rings (SSSR count). The van der Waals surface area contributed by atoms with Gasteiger partial charge in [0.15, 0.2) is 0 Å². The number of nitrogens with zero attached hydrogens (tertiary/aromatic N) is 2. The number of sulfonamides is 1. The van der Waals surface area contributed by atoms with Gasteiger partial charge in [0.05, 0.1) is 4.90 Å². The van der Waals surface area contributed by atoms with Gasteiger partial charge in [-0.25, -0.2) is 8.42 Å². The molecular weight excluding hydrogens is 386 g/mol. The molecule has 0 radical (unpaired) electrons. The van der Waals surface area contributed by atoms with E-state index in [9.17, 15) is 13.2 Å². The molecule has 152 valence electrons. The molecule has 2 unspecified atom stereocenters. The summed E-state index contributed by atoms with van der Waals surface area (Å²) >= 11 is 0. The van der Waals surface area contributed by atoms with Crippen molar-refractivity contribution in [2.24, 2.45) is 0 Å². The van der Waals surface area contributed by atoms with E-state index in [1.807, 2.05) is 18.9 Å². The highest BCUT2D eigenvalue weighted by molar-refractivity contribution is 7.89. The number of likely N-dealkylation sites (N-methyl/N-ethyl adjacent to an activating group) is 1. The average Bonchev–Trinajstić information content (AvgIpc) is 2.67. The van der Waals surface area contributed by atoms with E-state index in [0.717, 1.165) is 38.6 Å². The molecule has 6 nitrogen and oxygen atoms in total. The number of rotatable bonds is 4. The van der Waals surface area contributed by atoms with Gasteiger partial charge in [-0.15, -0.1) is 12.4 Å². The van der Waals surface area contributed by atoms with Gasteiger partial charge >= 0.3 is 0 Å². The Hall–Kier alpha value is -1.15. The van der Waals surface area contributed by atoms with Crippen molar-refractivity contribution in [3.63, 3.8) is 0 Å². The molecule has 0 aromatic heterocycles. The first-order valence-corrected chi connectivity index (χ1v) is 11.0. The monoisotopic (exact) mass is 415 g/mol. The van der Waals surface area contributed by atoms with Gasteiger partial charge in [0.1, 0.15) is 0 Å². The number of likely N-dealkylation sites (tertiary alicyclic amines) is 1. The third-order valence-electron chi connectivity index (χ3n) is 5.57. The van der Waals surface area contributed by atoms with Crippen molar-refractivity contribution in [1.29, 1.82) is 0 Å². The van der Waals surface area contributed by atoms with Crippen LogP contribution in [0.5, 0.6) is 0 Å². The molecule has 2 heterocycles. The minimum Gasteiger partial charge on any atom is -0.337 e. The molecule has 2 saturated heterocycles. The highest BCUT2D eigenvalue weighted by Crippen LogP contribution is 2.25. The van der Waals surface area contributed by atoms with Gasteiger partial charge in [0, 0.05) is 37.3 Å². The van der Waals surface area contributed by atoms with Crippen LogP contribution in [0, 0.1) is 0 Å². The molecule has 1 amide bonds. The fourth-order valence-electron chi connectivity index (χ4n) is 3.91. The molecule has 0 bridgehead atoms. The molecule has 0 saturated carbocycles. The van der Waals surface area contributed by atoms with Crippen molar-refractivity contribution < 1.29 is 13.2 Å². The molecule has 8 heteroatoms. The van der Waals surface area contributed by atoms with Crippen molar-refractivity contribution in [1.82, 2.24) is 14.5 Å². The Kier molecular flexibility index (Phi) is 7.68. The Balaban J connectivity index is 0.00000261. The van der Waals surface area contributed by atoms with Gasteiger partial charge in [-0.05, 0) is 63.9 Å². The lowest BCUT2D eigenvalue weighted by Gasteiger charge is -2.33. The number of piperidine rings is 2. The van der Waals surface area contributed by atoms with E-state index in [2.05, 4.69) is 5.32 Å². The van der Waals surface area contributed by atoms with Gasteiger partial charge in [-0.1, -0.05) is 6.42 Å². The van der Waals surface area contributed by atoms with Crippen molar-refractivity contribution in [2.75, 3.05) is 26.7 Å². The minimum atomic E-state index is -3.49. The summed E-state index contributed by atoms with van der Waals surface area (Å²) < 4.78 is 27.4. The lowest BCUT2D eigenvalue weighted by molar-refractivity contribution is 0.0698. The number of hydrogen-bond acceptors (Lipinski definition) is 4. The third kappa shape index (κ3) is 4.83. The molecule has 0 aliphatic carbocycles. The Bertz CT molecular complexity index is 739. The predicted octanol–water partition coefficient (Wildman–Crippen LogP) is 2.50. The second-order valence-electron chi connectivity index (χ2n) is 7.36. The second-order valence-corrected chi connectivity index (χ2v) is 9.25. The molecule has 1 aromatic rings. The number of benzene rings is 1. The molecule has 0 spiro atoms. The van der Waals surface area contributed by atoms with Crippen molar-refractivity contribution in [3.05, 3.63) is 29.8 Å². The highest BCUT2D eigenvalue weighted by atomic mass is 35.5. The Labute approximate surface area is 168 Å². The molecule has 1 N–H and O–H groups in total. The van der Waals surface area contributed by atoms with Crippen LogP contribution in [-0.4, -0.2) is 62.3 Å². The van der Waals surface area contributed by atoms with Gasteiger partial charge in [0.25, 0.3) is 5.91 Å². The van der Waals surface area contributed by atoms with Crippen LogP contribution in [0.2, 0.25) is 0 Å². The summed E-state index contributed by atoms with van der Waals surface area (Å²) in [7, 11) is -1.58. The molecule has 2 aliphatic heterocycles. The van der Waals surface area contributed by atoms with Crippen LogP contribution in [-0.2, 0) is 10.0 Å². The van der Waals surface area contributed by atoms with Gasteiger partial charge < -0.3 is 10.2 Å². The van der Waals surface area contributed by atoms with E-state index in [4.69, 9.17) is 0 Å². The van der Waals surface area contributed by atoms with Crippen LogP contribution < -0.4 is 5.32 Å². The summed E-state index contributed by atoms with van der Waals surface area (Å²) in [5, 5.41) is 3.23. The SMILES string of the molecule is CNC1CCCN(C(=O)c2ccc(S(=O)(=O)N3CCCCC3C)cc2)C1.Cl. The number of nitrogens with one attached hydrogen (secondary N) is 1. The Morgan fingerprint density at radius 3 is 2.41 bits per heavy atom. The third-order valence-corrected chi connectivity index (χ3v) is 7.59. The van der Waals surface area contributed by atoms with E-state index in [1.54, 1.807) is 28.6 Å². The molecule has 1 aromatic carbocycles. The van der Waals surface area contributed by atoms with Crippen molar-refractivity contribution >= 4 is 28.3 Å². The number of carbonyl (C=O) groups is 1. The number of amides is 1. The zero-order chi connectivity index (χ0) is 18.7. The maximum atomic E-state index is 12.9. The first kappa shape index (κ1) is 22.1. The Morgan fingerprint density at radius 2 is 1.78 bits per heavy atom. The molecule has 2 aliphatic rings. The maximum absolute atomic E-state index is 12.9. The standard InChI is InChI=1S/C19H29N3O3S.ClH/c1-15-6-3-4-13-22(15)26(24,25)18-10-8-16(9-11-18)19(23)21-12-5-7-17(14-21)20-2;/h8-11,15,17,20H,3-7,12-14H2,1-2H3;1H. The average molecular weight is 416 g/mol. The highest BCUT2D eigenvalue weighted by Gasteiger charge is 2.31. The number of carbonyl (C=O) groups excluding carboxylic acids is 1. The minimum absolute atomic E-state index is 0. The first-order chi connectivity index (χ1) is 12.4. The summed E-state index contributed by atoms with van der Waals surface area (Å²) in [5.41, 5.74) is 0.549. The summed E-state index contributed by atoms with van der Waals surface area (Å²) in [6, 6.07) is 6.79. The summed E-state index contributed by atoms with van der Waals surface area (Å²) in [6.45, 7) is 3.98. The van der Waals surface area contributed by atoms with Crippen LogP contribution in [0.4, 0.5) is 0 Å². The number of hydrogen-bond donors (Lipinski definition) is 1. The molecule has 2 fully saturated rings. The topological polar surface area (TPSA) is 69.7 Å². The van der Waals surface area contributed by atoms with E-state index in [0.29, 0.717) is 24.7 Å². The van der Waals surface area contributed by atoms with Crippen LogP contribution in [0.15, 0.2) is 29.2 Å². The van der Waals surface area contributed by atoms with Crippen molar-refractivity contribution in [3.8, 4) is 0 Å². The van der Waals surface area contributed by atoms with Crippen LogP contribution in [0.3, 0.4) is 0 Å². The van der Waals surface area contributed by atoms with E-state index >= 15 is 0 Å². The van der Waals surface area contributed by atoms with Gasteiger partial charge in [0.2, 0.25) is 10.0 Å². The molecule has 27 heavy (non-hydrogen) atoms. The lowest BCUT2D eigenvalue weighted by Crippen LogP contribution is -2.47. The maximum Gasteiger partial charge on any atom is 0.253 e. The van der Waals surface area contributed by atoms with E-state index < -0.39 is 10.0 Å². The summed E-state index contributed by atoms with van der Waals surface area (Å²) in [5.74, 6) is -0.0276. The van der Waals surface area contributed by atoms with Gasteiger partial charge in [-0.3, -0.25) is 4.79 Å². The van der Waals surface area contributed by atoms with Crippen molar-refractivity contribution in [2.45, 2.75) is 56.0 Å². The first-order valence-electron chi connectivity index (χ1n) is 9.52. The quantitative estimate of drug-likeness (QED) is 0.820. The second kappa shape index (κ2) is 9.37. The number of halogens is 1. The zero-order valence-electron chi connectivity index (χ0n) is 16.1.